The average Bonchev–Trinajstić information content (AvgIpc) is 3.39. The number of hydrogen-bond donors (Lipinski definition) is 0. The van der Waals surface area contributed by atoms with Crippen LogP contribution in [0.1, 0.15) is 30.2 Å². The molecule has 154 valence electrons. The highest BCUT2D eigenvalue weighted by Crippen LogP contribution is 2.33. The van der Waals surface area contributed by atoms with E-state index in [1.807, 2.05) is 42.1 Å². The molecule has 2 aromatic carbocycles. The number of thioether (sulfide) groups is 1. The lowest BCUT2D eigenvalue weighted by Gasteiger charge is -2.07. The molecule has 2 aromatic heterocycles. The molecule has 4 rings (SSSR count). The van der Waals surface area contributed by atoms with Crippen molar-refractivity contribution in [3.63, 3.8) is 0 Å². The lowest BCUT2D eigenvalue weighted by atomic mass is 10.0. The van der Waals surface area contributed by atoms with Gasteiger partial charge >= 0.3 is 0 Å². The van der Waals surface area contributed by atoms with Crippen molar-refractivity contribution in [2.45, 2.75) is 30.7 Å². The zero-order valence-corrected chi connectivity index (χ0v) is 19.1. The van der Waals surface area contributed by atoms with E-state index in [1.165, 1.54) is 10.4 Å². The minimum Gasteiger partial charge on any atom is -0.496 e. The van der Waals surface area contributed by atoms with E-state index in [0.717, 1.165) is 38.6 Å². The minimum absolute atomic E-state index is 0.537. The highest BCUT2D eigenvalue weighted by atomic mass is 32.2. The second kappa shape index (κ2) is 9.02. The van der Waals surface area contributed by atoms with Crippen LogP contribution in [0.15, 0.2) is 59.9 Å². The Labute approximate surface area is 185 Å². The molecule has 0 aliphatic heterocycles. The number of aromatic nitrogens is 4. The molecule has 0 saturated heterocycles. The van der Waals surface area contributed by atoms with Gasteiger partial charge in [0.25, 0.3) is 0 Å². The van der Waals surface area contributed by atoms with Crippen molar-refractivity contribution in [2.24, 2.45) is 7.05 Å². The van der Waals surface area contributed by atoms with Gasteiger partial charge in [-0.1, -0.05) is 62.0 Å². The van der Waals surface area contributed by atoms with Crippen LogP contribution in [0.5, 0.6) is 5.75 Å². The molecule has 30 heavy (non-hydrogen) atoms. The van der Waals surface area contributed by atoms with Crippen molar-refractivity contribution in [1.29, 1.82) is 0 Å². The Morgan fingerprint density at radius 3 is 2.57 bits per heavy atom. The SMILES string of the molecule is COc1ccccc1-c1nnc(SCc2cnc(-c3ccc(C(C)C)cc3)s2)n1C. The Hall–Kier alpha value is -2.64. The van der Waals surface area contributed by atoms with Gasteiger partial charge in [0.05, 0.1) is 12.7 Å². The van der Waals surface area contributed by atoms with E-state index < -0.39 is 0 Å². The molecular weight excluding hydrogens is 412 g/mol. The number of benzene rings is 2. The molecule has 0 radical (unpaired) electrons. The van der Waals surface area contributed by atoms with E-state index in [0.29, 0.717) is 5.92 Å². The second-order valence-electron chi connectivity index (χ2n) is 7.26. The number of nitrogens with zero attached hydrogens (tertiary/aromatic N) is 4. The Morgan fingerprint density at radius 1 is 1.07 bits per heavy atom. The van der Waals surface area contributed by atoms with Crippen LogP contribution in [-0.2, 0) is 12.8 Å². The maximum absolute atomic E-state index is 5.46. The number of ether oxygens (including phenoxy) is 1. The quantitative estimate of drug-likeness (QED) is 0.331. The minimum atomic E-state index is 0.537. The monoisotopic (exact) mass is 436 g/mol. The van der Waals surface area contributed by atoms with Gasteiger partial charge in [-0.15, -0.1) is 21.5 Å². The normalized spacial score (nSPS) is 11.2. The van der Waals surface area contributed by atoms with Crippen LogP contribution in [0.3, 0.4) is 0 Å². The first kappa shape index (κ1) is 20.6. The molecule has 0 bridgehead atoms. The summed E-state index contributed by atoms with van der Waals surface area (Å²) in [6.45, 7) is 4.42. The predicted molar refractivity (Wildman–Crippen MR) is 124 cm³/mol. The molecule has 0 spiro atoms. The highest BCUT2D eigenvalue weighted by Gasteiger charge is 2.15. The van der Waals surface area contributed by atoms with Gasteiger partial charge in [-0.2, -0.15) is 0 Å². The summed E-state index contributed by atoms with van der Waals surface area (Å²) in [5.41, 5.74) is 3.45. The number of rotatable bonds is 7. The summed E-state index contributed by atoms with van der Waals surface area (Å²) in [6, 6.07) is 16.6. The molecule has 7 heteroatoms. The van der Waals surface area contributed by atoms with Crippen molar-refractivity contribution in [3.8, 4) is 27.7 Å². The summed E-state index contributed by atoms with van der Waals surface area (Å²) >= 11 is 3.39. The van der Waals surface area contributed by atoms with Gasteiger partial charge in [-0.3, -0.25) is 0 Å². The number of methoxy groups -OCH3 is 1. The first-order valence-corrected chi connectivity index (χ1v) is 11.6. The molecule has 4 aromatic rings. The van der Waals surface area contributed by atoms with E-state index >= 15 is 0 Å². The van der Waals surface area contributed by atoms with Gasteiger partial charge in [0.2, 0.25) is 0 Å². The van der Waals surface area contributed by atoms with Crippen molar-refractivity contribution in [3.05, 3.63) is 65.2 Å². The first-order valence-electron chi connectivity index (χ1n) is 9.77. The molecule has 0 aliphatic rings. The molecule has 0 N–H and O–H groups in total. The van der Waals surface area contributed by atoms with Crippen LogP contribution in [0.4, 0.5) is 0 Å². The molecule has 5 nitrogen and oxygen atoms in total. The van der Waals surface area contributed by atoms with Gasteiger partial charge in [0, 0.05) is 29.4 Å². The fourth-order valence-corrected chi connectivity index (χ4v) is 5.01. The summed E-state index contributed by atoms with van der Waals surface area (Å²) in [5, 5.41) is 10.7. The number of hydrogen-bond acceptors (Lipinski definition) is 6. The highest BCUT2D eigenvalue weighted by molar-refractivity contribution is 7.98. The van der Waals surface area contributed by atoms with Crippen LogP contribution in [0.2, 0.25) is 0 Å². The van der Waals surface area contributed by atoms with Crippen molar-refractivity contribution in [1.82, 2.24) is 19.7 Å². The molecule has 0 saturated carbocycles. The summed E-state index contributed by atoms with van der Waals surface area (Å²) < 4.78 is 7.47. The zero-order valence-electron chi connectivity index (χ0n) is 17.5. The van der Waals surface area contributed by atoms with Crippen LogP contribution >= 0.6 is 23.1 Å². The van der Waals surface area contributed by atoms with Gasteiger partial charge in [-0.05, 0) is 23.6 Å². The third kappa shape index (κ3) is 4.27. The molecular formula is C23H24N4OS2. The Morgan fingerprint density at radius 2 is 1.83 bits per heavy atom. The largest absolute Gasteiger partial charge is 0.496 e. The van der Waals surface area contributed by atoms with Crippen LogP contribution < -0.4 is 4.74 Å². The van der Waals surface area contributed by atoms with E-state index in [9.17, 15) is 0 Å². The third-order valence-electron chi connectivity index (χ3n) is 4.90. The smallest absolute Gasteiger partial charge is 0.191 e. The van der Waals surface area contributed by atoms with Crippen LogP contribution in [0, 0.1) is 0 Å². The fourth-order valence-electron chi connectivity index (χ4n) is 3.16. The topological polar surface area (TPSA) is 52.8 Å². The van der Waals surface area contributed by atoms with Crippen molar-refractivity contribution in [2.75, 3.05) is 7.11 Å². The lowest BCUT2D eigenvalue weighted by Crippen LogP contribution is -1.96. The maximum Gasteiger partial charge on any atom is 0.191 e. The molecule has 0 unspecified atom stereocenters. The van der Waals surface area contributed by atoms with Gasteiger partial charge in [-0.25, -0.2) is 4.98 Å². The lowest BCUT2D eigenvalue weighted by molar-refractivity contribution is 0.416. The van der Waals surface area contributed by atoms with Gasteiger partial charge in [0.15, 0.2) is 11.0 Å². The van der Waals surface area contributed by atoms with Crippen LogP contribution in [-0.4, -0.2) is 26.9 Å². The summed E-state index contributed by atoms with van der Waals surface area (Å²) in [6.07, 6.45) is 1.96. The van der Waals surface area contributed by atoms with Crippen LogP contribution in [0.25, 0.3) is 22.0 Å². The Kier molecular flexibility index (Phi) is 6.20. The molecule has 0 amide bonds. The molecule has 2 heterocycles. The Balaban J connectivity index is 1.47. The zero-order chi connectivity index (χ0) is 21.1. The molecule has 0 atom stereocenters. The first-order chi connectivity index (χ1) is 14.6. The van der Waals surface area contributed by atoms with E-state index in [4.69, 9.17) is 4.74 Å². The average molecular weight is 437 g/mol. The Bertz CT molecular complexity index is 1130. The molecule has 0 fully saturated rings. The summed E-state index contributed by atoms with van der Waals surface area (Å²) in [7, 11) is 3.65. The third-order valence-corrected chi connectivity index (χ3v) is 7.20. The van der Waals surface area contributed by atoms with E-state index in [1.54, 1.807) is 30.2 Å². The summed E-state index contributed by atoms with van der Waals surface area (Å²) in [5.74, 6) is 2.93. The van der Waals surface area contributed by atoms with Crippen molar-refractivity contribution < 1.29 is 4.74 Å². The summed E-state index contributed by atoms with van der Waals surface area (Å²) in [4.78, 5) is 5.83. The predicted octanol–water partition coefficient (Wildman–Crippen LogP) is 6.03. The van der Waals surface area contributed by atoms with Crippen molar-refractivity contribution >= 4 is 23.1 Å². The van der Waals surface area contributed by atoms with E-state index in [2.05, 4.69) is 53.3 Å². The number of para-hydroxylation sites is 1. The number of thiazole rings is 1. The molecule has 0 aliphatic carbocycles. The van der Waals surface area contributed by atoms with E-state index in [-0.39, 0.29) is 0 Å². The van der Waals surface area contributed by atoms with Gasteiger partial charge in [0.1, 0.15) is 10.8 Å². The maximum atomic E-state index is 5.46. The van der Waals surface area contributed by atoms with Gasteiger partial charge < -0.3 is 9.30 Å². The second-order valence-corrected chi connectivity index (χ2v) is 9.32. The standard InChI is InChI=1S/C23H24N4OS2/c1-15(2)16-9-11-17(12-10-16)22-24-13-18(30-22)14-29-23-26-25-21(27(23)3)19-7-5-6-8-20(19)28-4/h5-13,15H,14H2,1-4H3. The fraction of sp³-hybridized carbons (Fsp3) is 0.261.